The molecule has 0 fully saturated rings. The summed E-state index contributed by atoms with van der Waals surface area (Å²) in [5.74, 6) is 0.321. The van der Waals surface area contributed by atoms with Crippen LogP contribution in [0.2, 0.25) is 0 Å². The molecule has 2 aromatic heterocycles. The maximum absolute atomic E-state index is 10.6. The summed E-state index contributed by atoms with van der Waals surface area (Å²) >= 11 is 1.64. The molecule has 0 aliphatic heterocycles. The van der Waals surface area contributed by atoms with Crippen molar-refractivity contribution in [3.63, 3.8) is 0 Å². The zero-order valence-corrected chi connectivity index (χ0v) is 8.17. The Morgan fingerprint density at radius 3 is 3.21 bits per heavy atom. The van der Waals surface area contributed by atoms with E-state index in [0.717, 1.165) is 10.1 Å². The Labute approximate surface area is 84.8 Å². The van der Waals surface area contributed by atoms with Crippen LogP contribution in [0, 0.1) is 0 Å². The smallest absolute Gasteiger partial charge is 0.236 e. The number of carbonyl (C=O) groups is 1. The number of anilines is 1. The Bertz CT molecular complexity index is 466. The van der Waals surface area contributed by atoms with Gasteiger partial charge in [0.2, 0.25) is 5.91 Å². The van der Waals surface area contributed by atoms with Crippen LogP contribution in [0.4, 0.5) is 5.82 Å². The van der Waals surface area contributed by atoms with E-state index < -0.39 is 0 Å². The first kappa shape index (κ1) is 8.96. The van der Waals surface area contributed by atoms with E-state index in [0.29, 0.717) is 5.82 Å². The van der Waals surface area contributed by atoms with Crippen LogP contribution in [-0.2, 0) is 4.79 Å². The van der Waals surface area contributed by atoms with Crippen molar-refractivity contribution in [2.75, 3.05) is 11.9 Å². The molecule has 0 saturated heterocycles. The van der Waals surface area contributed by atoms with E-state index in [1.807, 2.05) is 17.5 Å². The molecule has 0 aromatic carbocycles. The van der Waals surface area contributed by atoms with Gasteiger partial charge in [0.15, 0.2) is 0 Å². The van der Waals surface area contributed by atoms with Gasteiger partial charge in [-0.25, -0.2) is 4.98 Å². The van der Waals surface area contributed by atoms with Gasteiger partial charge in [-0.15, -0.1) is 11.3 Å². The molecular weight excluding hydrogens is 198 g/mol. The van der Waals surface area contributed by atoms with E-state index in [4.69, 9.17) is 5.73 Å². The number of hydrogen-bond acceptors (Lipinski definition) is 4. The van der Waals surface area contributed by atoms with Gasteiger partial charge in [-0.2, -0.15) is 0 Å². The second kappa shape index (κ2) is 3.63. The number of fused-ring (bicyclic) bond motifs is 1. The van der Waals surface area contributed by atoms with Crippen molar-refractivity contribution in [3.05, 3.63) is 23.7 Å². The third-order valence-electron chi connectivity index (χ3n) is 1.81. The number of nitrogens with zero attached hydrogens (tertiary/aromatic N) is 1. The standard InChI is InChI=1S/C9H9N3OS/c10-8(13)5-12-9-6-2-4-14-7(6)1-3-11-9/h1-4H,5H2,(H2,10,13)(H,11,12). The lowest BCUT2D eigenvalue weighted by Crippen LogP contribution is -2.22. The van der Waals surface area contributed by atoms with Crippen LogP contribution in [0.25, 0.3) is 10.1 Å². The van der Waals surface area contributed by atoms with E-state index in [1.165, 1.54) is 0 Å². The molecule has 14 heavy (non-hydrogen) atoms. The minimum atomic E-state index is -0.390. The Hall–Kier alpha value is -1.62. The summed E-state index contributed by atoms with van der Waals surface area (Å²) in [5.41, 5.74) is 5.03. The Morgan fingerprint density at radius 2 is 2.43 bits per heavy atom. The zero-order valence-electron chi connectivity index (χ0n) is 7.36. The minimum absolute atomic E-state index is 0.113. The van der Waals surface area contributed by atoms with Crippen molar-refractivity contribution in [2.24, 2.45) is 5.73 Å². The van der Waals surface area contributed by atoms with Crippen LogP contribution in [0.3, 0.4) is 0 Å². The first-order valence-electron chi connectivity index (χ1n) is 4.12. The van der Waals surface area contributed by atoms with E-state index >= 15 is 0 Å². The highest BCUT2D eigenvalue weighted by Gasteiger charge is 2.03. The van der Waals surface area contributed by atoms with Crippen LogP contribution in [-0.4, -0.2) is 17.4 Å². The van der Waals surface area contributed by atoms with E-state index in [2.05, 4.69) is 10.3 Å². The van der Waals surface area contributed by atoms with Gasteiger partial charge < -0.3 is 11.1 Å². The SMILES string of the molecule is NC(=O)CNc1nccc2sccc12. The Balaban J connectivity index is 2.32. The van der Waals surface area contributed by atoms with E-state index in [-0.39, 0.29) is 12.5 Å². The predicted molar refractivity (Wildman–Crippen MR) is 57.3 cm³/mol. The van der Waals surface area contributed by atoms with Gasteiger partial charge in [-0.1, -0.05) is 0 Å². The highest BCUT2D eigenvalue weighted by atomic mass is 32.1. The van der Waals surface area contributed by atoms with Crippen molar-refractivity contribution in [2.45, 2.75) is 0 Å². The number of amides is 1. The number of nitrogens with one attached hydrogen (secondary N) is 1. The maximum atomic E-state index is 10.6. The van der Waals surface area contributed by atoms with Crippen molar-refractivity contribution >= 4 is 33.1 Å². The summed E-state index contributed by atoms with van der Waals surface area (Å²) in [6, 6.07) is 3.91. The monoisotopic (exact) mass is 207 g/mol. The van der Waals surface area contributed by atoms with Crippen molar-refractivity contribution in [1.82, 2.24) is 4.98 Å². The minimum Gasteiger partial charge on any atom is -0.368 e. The fourth-order valence-corrected chi connectivity index (χ4v) is 1.99. The topological polar surface area (TPSA) is 68.0 Å². The third-order valence-corrected chi connectivity index (χ3v) is 2.69. The van der Waals surface area contributed by atoms with Gasteiger partial charge in [0.05, 0.1) is 6.54 Å². The summed E-state index contributed by atoms with van der Waals surface area (Å²) in [6.45, 7) is 0.113. The van der Waals surface area contributed by atoms with Crippen LogP contribution in [0.5, 0.6) is 0 Å². The molecule has 0 aliphatic rings. The number of primary amides is 1. The summed E-state index contributed by atoms with van der Waals surface area (Å²) in [5, 5.41) is 5.91. The fourth-order valence-electron chi connectivity index (χ4n) is 1.21. The average Bonchev–Trinajstić information content (AvgIpc) is 2.62. The van der Waals surface area contributed by atoms with E-state index in [9.17, 15) is 4.79 Å². The van der Waals surface area contributed by atoms with Gasteiger partial charge in [0.1, 0.15) is 5.82 Å². The number of hydrogen-bond donors (Lipinski definition) is 2. The average molecular weight is 207 g/mol. The molecule has 0 atom stereocenters. The molecule has 0 radical (unpaired) electrons. The first-order chi connectivity index (χ1) is 6.77. The number of nitrogens with two attached hydrogens (primary N) is 1. The molecule has 4 nitrogen and oxygen atoms in total. The van der Waals surface area contributed by atoms with Crippen molar-refractivity contribution in [3.8, 4) is 0 Å². The number of carbonyl (C=O) groups excluding carboxylic acids is 1. The molecule has 1 amide bonds. The van der Waals surface area contributed by atoms with Crippen LogP contribution in [0.1, 0.15) is 0 Å². The second-order valence-electron chi connectivity index (χ2n) is 2.81. The lowest BCUT2D eigenvalue weighted by atomic mass is 10.3. The molecule has 0 unspecified atom stereocenters. The first-order valence-corrected chi connectivity index (χ1v) is 5.00. The molecule has 0 saturated carbocycles. The molecule has 72 valence electrons. The van der Waals surface area contributed by atoms with Crippen molar-refractivity contribution in [1.29, 1.82) is 0 Å². The molecule has 2 rings (SSSR count). The second-order valence-corrected chi connectivity index (χ2v) is 3.76. The predicted octanol–water partition coefficient (Wildman–Crippen LogP) is 1.19. The molecule has 0 spiro atoms. The van der Waals surface area contributed by atoms with Gasteiger partial charge in [0.25, 0.3) is 0 Å². The third kappa shape index (κ3) is 1.67. The van der Waals surface area contributed by atoms with Crippen LogP contribution in [0.15, 0.2) is 23.7 Å². The molecule has 3 N–H and O–H groups in total. The van der Waals surface area contributed by atoms with Crippen molar-refractivity contribution < 1.29 is 4.79 Å². The molecule has 0 bridgehead atoms. The van der Waals surface area contributed by atoms with Crippen LogP contribution < -0.4 is 11.1 Å². The number of aromatic nitrogens is 1. The number of thiophene rings is 1. The highest BCUT2D eigenvalue weighted by molar-refractivity contribution is 7.17. The molecule has 2 heterocycles. The quantitative estimate of drug-likeness (QED) is 0.794. The maximum Gasteiger partial charge on any atom is 0.236 e. The molecular formula is C9H9N3OS. The van der Waals surface area contributed by atoms with Gasteiger partial charge >= 0.3 is 0 Å². The molecule has 2 aromatic rings. The summed E-state index contributed by atoms with van der Waals surface area (Å²) in [7, 11) is 0. The summed E-state index contributed by atoms with van der Waals surface area (Å²) < 4.78 is 1.15. The lowest BCUT2D eigenvalue weighted by Gasteiger charge is -2.03. The molecule has 0 aliphatic carbocycles. The Kier molecular flexibility index (Phi) is 2.32. The van der Waals surface area contributed by atoms with E-state index in [1.54, 1.807) is 17.5 Å². The van der Waals surface area contributed by atoms with Crippen LogP contribution >= 0.6 is 11.3 Å². The van der Waals surface area contributed by atoms with Gasteiger partial charge in [-0.05, 0) is 17.5 Å². The molecule has 5 heteroatoms. The fraction of sp³-hybridized carbons (Fsp3) is 0.111. The van der Waals surface area contributed by atoms with Gasteiger partial charge in [0, 0.05) is 16.3 Å². The summed E-state index contributed by atoms with van der Waals surface area (Å²) in [4.78, 5) is 14.7. The number of pyridine rings is 1. The highest BCUT2D eigenvalue weighted by Crippen LogP contribution is 2.25. The van der Waals surface area contributed by atoms with Gasteiger partial charge in [-0.3, -0.25) is 4.79 Å². The zero-order chi connectivity index (χ0) is 9.97. The summed E-state index contributed by atoms with van der Waals surface area (Å²) in [6.07, 6.45) is 1.71. The lowest BCUT2D eigenvalue weighted by molar-refractivity contribution is -0.116. The number of rotatable bonds is 3. The largest absolute Gasteiger partial charge is 0.368 e. The Morgan fingerprint density at radius 1 is 1.57 bits per heavy atom. The normalized spacial score (nSPS) is 10.3.